The molecule has 0 aliphatic heterocycles. The molecule has 0 spiro atoms. The largest absolute Gasteiger partial charge is 0.325 e. The highest BCUT2D eigenvalue weighted by molar-refractivity contribution is 7.99. The molecule has 0 bridgehead atoms. The Bertz CT molecular complexity index is 1600. The molecule has 36 heavy (non-hydrogen) atoms. The third kappa shape index (κ3) is 6.14. The van der Waals surface area contributed by atoms with Gasteiger partial charge in [-0.2, -0.15) is 0 Å². The Labute approximate surface area is 217 Å². The number of amides is 1. The monoisotopic (exact) mass is 542 g/mol. The van der Waals surface area contributed by atoms with Crippen LogP contribution in [0.1, 0.15) is 11.1 Å². The lowest BCUT2D eigenvalue weighted by Gasteiger charge is -2.13. The summed E-state index contributed by atoms with van der Waals surface area (Å²) >= 11 is 7.30. The molecule has 3 aromatic carbocycles. The first-order valence-corrected chi connectivity index (χ1v) is 13.8. The van der Waals surface area contributed by atoms with E-state index in [1.807, 2.05) is 13.0 Å². The summed E-state index contributed by atoms with van der Waals surface area (Å²) in [5.74, 6) is -0.216. The lowest BCUT2D eigenvalue weighted by atomic mass is 10.1. The van der Waals surface area contributed by atoms with Crippen molar-refractivity contribution in [2.24, 2.45) is 5.14 Å². The van der Waals surface area contributed by atoms with Gasteiger partial charge in [-0.1, -0.05) is 53.7 Å². The second-order valence-corrected chi connectivity index (χ2v) is 11.0. The summed E-state index contributed by atoms with van der Waals surface area (Å²) in [6.45, 7) is 2.17. The summed E-state index contributed by atoms with van der Waals surface area (Å²) in [5, 5.41) is 9.42. The summed E-state index contributed by atoms with van der Waals surface area (Å²) in [6, 6.07) is 18.5. The summed E-state index contributed by atoms with van der Waals surface area (Å²) in [6.07, 6.45) is 0.451. The summed E-state index contributed by atoms with van der Waals surface area (Å²) in [7, 11) is -3.78. The van der Waals surface area contributed by atoms with E-state index in [1.54, 1.807) is 48.5 Å². The first-order chi connectivity index (χ1) is 17.1. The van der Waals surface area contributed by atoms with Crippen LogP contribution in [0.15, 0.2) is 81.6 Å². The number of benzene rings is 3. The van der Waals surface area contributed by atoms with Crippen LogP contribution in [0.4, 0.5) is 5.69 Å². The number of carbonyl (C=O) groups is 1. The fraction of sp³-hybridized carbons (Fsp3) is 0.160. The van der Waals surface area contributed by atoms with Gasteiger partial charge in [0, 0.05) is 17.3 Å². The normalized spacial score (nSPS) is 11.5. The zero-order valence-electron chi connectivity index (χ0n) is 19.3. The molecule has 1 heterocycles. The van der Waals surface area contributed by atoms with Crippen LogP contribution in [0.5, 0.6) is 0 Å². The molecule has 0 saturated carbocycles. The van der Waals surface area contributed by atoms with Gasteiger partial charge in [-0.05, 0) is 60.9 Å². The molecule has 0 atom stereocenters. The fourth-order valence-corrected chi connectivity index (χ4v) is 5.06. The highest BCUT2D eigenvalue weighted by Gasteiger charge is 2.14. The van der Waals surface area contributed by atoms with Crippen molar-refractivity contribution in [3.8, 4) is 0 Å². The molecular weight excluding hydrogens is 520 g/mol. The fourth-order valence-electron chi connectivity index (χ4n) is 3.54. The first kappa shape index (κ1) is 25.9. The summed E-state index contributed by atoms with van der Waals surface area (Å²) in [5.41, 5.74) is 2.66. The molecule has 0 aliphatic carbocycles. The van der Waals surface area contributed by atoms with E-state index >= 15 is 0 Å². The van der Waals surface area contributed by atoms with Crippen LogP contribution >= 0.6 is 23.4 Å². The van der Waals surface area contributed by atoms with E-state index in [4.69, 9.17) is 16.7 Å². The number of aryl methyl sites for hydroxylation is 2. The van der Waals surface area contributed by atoms with Crippen LogP contribution in [0, 0.1) is 6.92 Å². The summed E-state index contributed by atoms with van der Waals surface area (Å²) < 4.78 is 24.5. The van der Waals surface area contributed by atoms with E-state index < -0.39 is 10.0 Å². The Morgan fingerprint density at radius 2 is 1.83 bits per heavy atom. The molecular formula is C25H23ClN4O4S2. The highest BCUT2D eigenvalue weighted by Crippen LogP contribution is 2.22. The van der Waals surface area contributed by atoms with Gasteiger partial charge in [-0.3, -0.25) is 14.2 Å². The van der Waals surface area contributed by atoms with Crippen LogP contribution in [0.2, 0.25) is 5.02 Å². The average molecular weight is 543 g/mol. The molecule has 4 aromatic rings. The zero-order valence-corrected chi connectivity index (χ0v) is 21.7. The quantitative estimate of drug-likeness (QED) is 0.256. The highest BCUT2D eigenvalue weighted by atomic mass is 35.5. The Morgan fingerprint density at radius 3 is 2.53 bits per heavy atom. The van der Waals surface area contributed by atoms with Crippen LogP contribution < -0.4 is 16.0 Å². The van der Waals surface area contributed by atoms with Crippen molar-refractivity contribution >= 4 is 55.9 Å². The molecule has 0 aliphatic rings. The third-order valence-electron chi connectivity index (χ3n) is 5.49. The second-order valence-electron chi connectivity index (χ2n) is 8.11. The number of primary sulfonamides is 1. The minimum atomic E-state index is -3.78. The van der Waals surface area contributed by atoms with Gasteiger partial charge in [0.05, 0.1) is 21.6 Å². The maximum atomic E-state index is 13.3. The molecule has 0 saturated heterocycles. The smallest absolute Gasteiger partial charge is 0.262 e. The Hall–Kier alpha value is -3.18. The Morgan fingerprint density at radius 1 is 1.11 bits per heavy atom. The maximum Gasteiger partial charge on any atom is 0.262 e. The molecule has 8 nitrogen and oxygen atoms in total. The molecule has 1 aromatic heterocycles. The number of aromatic nitrogens is 2. The van der Waals surface area contributed by atoms with Gasteiger partial charge in [0.25, 0.3) is 5.56 Å². The van der Waals surface area contributed by atoms with Crippen molar-refractivity contribution in [2.75, 3.05) is 11.1 Å². The Balaban J connectivity index is 1.55. The van der Waals surface area contributed by atoms with E-state index in [-0.39, 0.29) is 22.1 Å². The van der Waals surface area contributed by atoms with Crippen molar-refractivity contribution in [2.45, 2.75) is 29.9 Å². The number of fused-ring (bicyclic) bond motifs is 1. The van der Waals surface area contributed by atoms with Crippen molar-refractivity contribution < 1.29 is 13.2 Å². The number of rotatable bonds is 8. The van der Waals surface area contributed by atoms with Gasteiger partial charge < -0.3 is 5.32 Å². The van der Waals surface area contributed by atoms with Gasteiger partial charge in [-0.15, -0.1) is 0 Å². The van der Waals surface area contributed by atoms with Crippen LogP contribution in [0.25, 0.3) is 10.9 Å². The summed E-state index contributed by atoms with van der Waals surface area (Å²) in [4.78, 5) is 30.5. The van der Waals surface area contributed by atoms with E-state index in [0.29, 0.717) is 39.7 Å². The van der Waals surface area contributed by atoms with Gasteiger partial charge >= 0.3 is 0 Å². The van der Waals surface area contributed by atoms with E-state index in [2.05, 4.69) is 10.3 Å². The number of para-hydroxylation sites is 1. The van der Waals surface area contributed by atoms with E-state index in [1.165, 1.54) is 16.7 Å². The van der Waals surface area contributed by atoms with Crippen LogP contribution in [-0.2, 0) is 27.8 Å². The number of hydrogen-bond acceptors (Lipinski definition) is 6. The molecule has 0 radical (unpaired) electrons. The number of carbonyl (C=O) groups excluding carboxylic acids is 1. The molecule has 0 unspecified atom stereocenters. The number of hydrogen-bond donors (Lipinski definition) is 2. The maximum absolute atomic E-state index is 13.3. The topological polar surface area (TPSA) is 124 Å². The first-order valence-electron chi connectivity index (χ1n) is 10.9. The molecule has 1 amide bonds. The van der Waals surface area contributed by atoms with Gasteiger partial charge in [0.2, 0.25) is 15.9 Å². The van der Waals surface area contributed by atoms with Crippen molar-refractivity contribution in [3.05, 3.63) is 93.2 Å². The number of halogens is 1. The molecule has 3 N–H and O–H groups in total. The lowest BCUT2D eigenvalue weighted by Crippen LogP contribution is -2.25. The SMILES string of the molecule is Cc1ccc(NC(=O)CSc2nc3ccccc3c(=O)n2CCc2ccc(S(N)(=O)=O)cc2)cc1Cl. The number of nitrogens with one attached hydrogen (secondary N) is 1. The van der Waals surface area contributed by atoms with Crippen molar-refractivity contribution in [1.82, 2.24) is 9.55 Å². The van der Waals surface area contributed by atoms with Crippen LogP contribution in [-0.4, -0.2) is 29.6 Å². The predicted molar refractivity (Wildman–Crippen MR) is 143 cm³/mol. The number of sulfonamides is 1. The molecule has 11 heteroatoms. The minimum Gasteiger partial charge on any atom is -0.325 e. The van der Waals surface area contributed by atoms with Gasteiger partial charge in [0.15, 0.2) is 5.16 Å². The number of nitrogens with zero attached hydrogens (tertiary/aromatic N) is 2. The molecule has 0 fully saturated rings. The lowest BCUT2D eigenvalue weighted by molar-refractivity contribution is -0.113. The standard InChI is InChI=1S/C25H23ClN4O4S2/c1-16-6-9-18(14-21(16)26)28-23(31)15-35-25-29-22-5-3-2-4-20(22)24(32)30(25)13-12-17-7-10-19(11-8-17)36(27,33)34/h2-11,14H,12-13,15H2,1H3,(H,28,31)(H2,27,33,34). The Kier molecular flexibility index (Phi) is 7.79. The van der Waals surface area contributed by atoms with Crippen LogP contribution in [0.3, 0.4) is 0 Å². The number of anilines is 1. The van der Waals surface area contributed by atoms with E-state index in [0.717, 1.165) is 22.9 Å². The van der Waals surface area contributed by atoms with E-state index in [9.17, 15) is 18.0 Å². The molecule has 186 valence electrons. The van der Waals surface area contributed by atoms with Crippen molar-refractivity contribution in [1.29, 1.82) is 0 Å². The van der Waals surface area contributed by atoms with Gasteiger partial charge in [-0.25, -0.2) is 18.5 Å². The van der Waals surface area contributed by atoms with Crippen molar-refractivity contribution in [3.63, 3.8) is 0 Å². The second kappa shape index (κ2) is 10.8. The molecule has 4 rings (SSSR count). The third-order valence-corrected chi connectivity index (χ3v) is 7.80. The minimum absolute atomic E-state index is 0.0212. The van der Waals surface area contributed by atoms with Gasteiger partial charge in [0.1, 0.15) is 0 Å². The average Bonchev–Trinajstić information content (AvgIpc) is 2.84. The predicted octanol–water partition coefficient (Wildman–Crippen LogP) is 3.98. The number of nitrogens with two attached hydrogens (primary N) is 1. The number of thioether (sulfide) groups is 1. The zero-order chi connectivity index (χ0) is 25.9.